The molecule has 3 N–H and O–H groups in total. The van der Waals surface area contributed by atoms with Gasteiger partial charge in [-0.2, -0.15) is 0 Å². The second-order valence-corrected chi connectivity index (χ2v) is 8.11. The second-order valence-electron chi connectivity index (χ2n) is 8.11. The standard InChI is InChI=1S/C23H34N4O/c1-2-5-23(28)27(15-19-10-8-18(9-11-19)13-25-17-24)16-20-12-21-6-3-4-7-22(21)26-14-20/h3-4,6-7,12,14,18-19,25H,2,5,8-11,13,15-17,24H2,1H3. The van der Waals surface area contributed by atoms with Gasteiger partial charge in [0, 0.05) is 37.8 Å². The minimum atomic E-state index is 0.266. The lowest BCUT2D eigenvalue weighted by atomic mass is 9.81. The Bertz CT molecular complexity index is 755. The fourth-order valence-electron chi connectivity index (χ4n) is 4.27. The lowest BCUT2D eigenvalue weighted by Gasteiger charge is -2.33. The fourth-order valence-corrected chi connectivity index (χ4v) is 4.27. The van der Waals surface area contributed by atoms with E-state index in [9.17, 15) is 4.79 Å². The van der Waals surface area contributed by atoms with Crippen molar-refractivity contribution in [2.45, 2.75) is 52.0 Å². The molecule has 0 bridgehead atoms. The minimum absolute atomic E-state index is 0.266. The van der Waals surface area contributed by atoms with Crippen molar-refractivity contribution in [1.29, 1.82) is 0 Å². The van der Waals surface area contributed by atoms with E-state index < -0.39 is 0 Å². The molecule has 0 unspecified atom stereocenters. The Morgan fingerprint density at radius 1 is 1.21 bits per heavy atom. The number of aromatic nitrogens is 1. The van der Waals surface area contributed by atoms with Gasteiger partial charge < -0.3 is 16.0 Å². The molecule has 3 rings (SSSR count). The van der Waals surface area contributed by atoms with Crippen LogP contribution in [-0.4, -0.2) is 35.5 Å². The third-order valence-corrected chi connectivity index (χ3v) is 5.86. The van der Waals surface area contributed by atoms with Crippen LogP contribution in [0.4, 0.5) is 0 Å². The molecule has 2 aromatic rings. The summed E-state index contributed by atoms with van der Waals surface area (Å²) in [4.78, 5) is 19.4. The van der Waals surface area contributed by atoms with Crippen LogP contribution in [0.2, 0.25) is 0 Å². The summed E-state index contributed by atoms with van der Waals surface area (Å²) in [5.74, 6) is 1.59. The lowest BCUT2D eigenvalue weighted by Crippen LogP contribution is -2.37. The number of nitrogens with zero attached hydrogens (tertiary/aromatic N) is 2. The van der Waals surface area contributed by atoms with Gasteiger partial charge in [-0.25, -0.2) is 0 Å². The van der Waals surface area contributed by atoms with Gasteiger partial charge in [-0.3, -0.25) is 9.78 Å². The van der Waals surface area contributed by atoms with Gasteiger partial charge in [0.1, 0.15) is 0 Å². The van der Waals surface area contributed by atoms with Gasteiger partial charge in [0.15, 0.2) is 0 Å². The topological polar surface area (TPSA) is 71.2 Å². The van der Waals surface area contributed by atoms with Crippen molar-refractivity contribution in [3.63, 3.8) is 0 Å². The molecule has 0 saturated heterocycles. The van der Waals surface area contributed by atoms with Crippen LogP contribution in [0.5, 0.6) is 0 Å². The van der Waals surface area contributed by atoms with E-state index in [0.717, 1.165) is 41.9 Å². The van der Waals surface area contributed by atoms with Gasteiger partial charge in [0.2, 0.25) is 5.91 Å². The average Bonchev–Trinajstić information content (AvgIpc) is 2.73. The Morgan fingerprint density at radius 3 is 2.71 bits per heavy atom. The Hall–Kier alpha value is -1.98. The highest BCUT2D eigenvalue weighted by Gasteiger charge is 2.24. The van der Waals surface area contributed by atoms with Crippen LogP contribution in [0.15, 0.2) is 36.5 Å². The zero-order valence-corrected chi connectivity index (χ0v) is 17.1. The van der Waals surface area contributed by atoms with Crippen molar-refractivity contribution in [3.05, 3.63) is 42.1 Å². The van der Waals surface area contributed by atoms with E-state index in [1.807, 2.05) is 24.4 Å². The van der Waals surface area contributed by atoms with Gasteiger partial charge in [-0.1, -0.05) is 25.1 Å². The molecular weight excluding hydrogens is 348 g/mol. The van der Waals surface area contributed by atoms with Gasteiger partial charge >= 0.3 is 0 Å². The van der Waals surface area contributed by atoms with Crippen molar-refractivity contribution >= 4 is 16.8 Å². The van der Waals surface area contributed by atoms with Crippen molar-refractivity contribution in [3.8, 4) is 0 Å². The predicted octanol–water partition coefficient (Wildman–Crippen LogP) is 3.68. The molecule has 0 aliphatic heterocycles. The van der Waals surface area contributed by atoms with E-state index in [1.165, 1.54) is 25.7 Å². The van der Waals surface area contributed by atoms with Gasteiger partial charge in [0.05, 0.1) is 5.52 Å². The van der Waals surface area contributed by atoms with E-state index in [2.05, 4.69) is 34.3 Å². The van der Waals surface area contributed by atoms with Gasteiger partial charge in [-0.15, -0.1) is 0 Å². The van der Waals surface area contributed by atoms with E-state index in [0.29, 0.717) is 25.6 Å². The zero-order chi connectivity index (χ0) is 19.8. The molecule has 152 valence electrons. The SMILES string of the molecule is CCCC(=O)N(Cc1cnc2ccccc2c1)CC1CCC(CNCN)CC1. The molecule has 1 aromatic carbocycles. The first kappa shape index (κ1) is 20.7. The molecule has 0 spiro atoms. The van der Waals surface area contributed by atoms with Crippen LogP contribution in [0, 0.1) is 11.8 Å². The smallest absolute Gasteiger partial charge is 0.222 e. The van der Waals surface area contributed by atoms with Gasteiger partial charge in [0.25, 0.3) is 0 Å². The summed E-state index contributed by atoms with van der Waals surface area (Å²) < 4.78 is 0. The van der Waals surface area contributed by atoms with E-state index in [4.69, 9.17) is 5.73 Å². The van der Waals surface area contributed by atoms with Gasteiger partial charge in [-0.05, 0) is 68.2 Å². The van der Waals surface area contributed by atoms with Crippen LogP contribution in [0.3, 0.4) is 0 Å². The number of rotatable bonds is 9. The number of hydrogen-bond donors (Lipinski definition) is 2. The van der Waals surface area contributed by atoms with E-state index in [-0.39, 0.29) is 5.91 Å². The first-order chi connectivity index (χ1) is 13.7. The number of fused-ring (bicyclic) bond motifs is 1. The summed E-state index contributed by atoms with van der Waals surface area (Å²) in [6.07, 6.45) is 8.28. The van der Waals surface area contributed by atoms with Crippen molar-refractivity contribution in [2.75, 3.05) is 19.8 Å². The highest BCUT2D eigenvalue weighted by atomic mass is 16.2. The number of nitrogens with one attached hydrogen (secondary N) is 1. The number of para-hydroxylation sites is 1. The molecule has 0 atom stereocenters. The number of benzene rings is 1. The van der Waals surface area contributed by atoms with Crippen LogP contribution in [0.25, 0.3) is 10.9 Å². The minimum Gasteiger partial charge on any atom is -0.338 e. The van der Waals surface area contributed by atoms with Crippen LogP contribution in [0.1, 0.15) is 51.0 Å². The van der Waals surface area contributed by atoms with Crippen LogP contribution in [-0.2, 0) is 11.3 Å². The molecule has 1 fully saturated rings. The maximum Gasteiger partial charge on any atom is 0.222 e. The number of nitrogens with two attached hydrogens (primary N) is 1. The van der Waals surface area contributed by atoms with Crippen LogP contribution < -0.4 is 11.1 Å². The first-order valence-corrected chi connectivity index (χ1v) is 10.7. The van der Waals surface area contributed by atoms with Crippen molar-refractivity contribution in [1.82, 2.24) is 15.2 Å². The molecule has 5 heteroatoms. The quantitative estimate of drug-likeness (QED) is 0.649. The molecule has 1 heterocycles. The maximum absolute atomic E-state index is 12.8. The summed E-state index contributed by atoms with van der Waals surface area (Å²) in [5, 5.41) is 4.40. The number of amides is 1. The average molecular weight is 383 g/mol. The summed E-state index contributed by atoms with van der Waals surface area (Å²) in [6, 6.07) is 10.3. The highest BCUT2D eigenvalue weighted by molar-refractivity contribution is 5.79. The molecule has 0 radical (unpaired) electrons. The summed E-state index contributed by atoms with van der Waals surface area (Å²) in [7, 11) is 0. The van der Waals surface area contributed by atoms with E-state index >= 15 is 0 Å². The largest absolute Gasteiger partial charge is 0.338 e. The lowest BCUT2D eigenvalue weighted by molar-refractivity contribution is -0.132. The summed E-state index contributed by atoms with van der Waals surface area (Å²) in [6.45, 7) is 5.17. The zero-order valence-electron chi connectivity index (χ0n) is 17.1. The molecule has 1 aliphatic rings. The summed E-state index contributed by atoms with van der Waals surface area (Å²) in [5.41, 5.74) is 7.66. The Kier molecular flexibility index (Phi) is 7.80. The Labute approximate surface area is 168 Å². The second kappa shape index (κ2) is 10.5. The third-order valence-electron chi connectivity index (χ3n) is 5.86. The predicted molar refractivity (Wildman–Crippen MR) is 115 cm³/mol. The van der Waals surface area contributed by atoms with E-state index in [1.54, 1.807) is 0 Å². The molecule has 28 heavy (non-hydrogen) atoms. The highest BCUT2D eigenvalue weighted by Crippen LogP contribution is 2.29. The molecule has 1 aromatic heterocycles. The molecule has 1 saturated carbocycles. The normalized spacial score (nSPS) is 19.6. The molecule has 1 aliphatic carbocycles. The van der Waals surface area contributed by atoms with Crippen LogP contribution >= 0.6 is 0 Å². The number of pyridine rings is 1. The monoisotopic (exact) mass is 382 g/mol. The molecule has 1 amide bonds. The third kappa shape index (κ3) is 5.76. The number of hydrogen-bond acceptors (Lipinski definition) is 4. The number of carbonyl (C=O) groups excluding carboxylic acids is 1. The number of carbonyl (C=O) groups is 1. The Morgan fingerprint density at radius 2 is 1.96 bits per heavy atom. The fraction of sp³-hybridized carbons (Fsp3) is 0.565. The Balaban J connectivity index is 1.63. The first-order valence-electron chi connectivity index (χ1n) is 10.7. The van der Waals surface area contributed by atoms with Crippen molar-refractivity contribution < 1.29 is 4.79 Å². The summed E-state index contributed by atoms with van der Waals surface area (Å²) >= 11 is 0. The van der Waals surface area contributed by atoms with Crippen molar-refractivity contribution in [2.24, 2.45) is 17.6 Å². The molecular formula is C23H34N4O. The maximum atomic E-state index is 12.8. The molecule has 5 nitrogen and oxygen atoms in total.